The molecule has 2 aromatic rings. The molecule has 0 saturated carbocycles. The molecule has 21 heavy (non-hydrogen) atoms. The summed E-state index contributed by atoms with van der Waals surface area (Å²) in [4.78, 5) is 3.70. The minimum absolute atomic E-state index is 0.00438. The molecule has 0 fully saturated rings. The monoisotopic (exact) mass is 410 g/mol. The SMILES string of the molecule is COc1ncccc1NS(=O)(=O)c1c(Cl)cc(Br)cc1Cl. The largest absolute Gasteiger partial charge is 0.480 e. The molecule has 1 aromatic carbocycles. The standard InChI is InChI=1S/C12H9BrCl2N2O3S/c1-20-12-10(3-2-4-16-12)17-21(18,19)11-8(14)5-7(13)6-9(11)15/h2-6,17H,1H3. The number of hydrogen-bond donors (Lipinski definition) is 1. The molecule has 0 spiro atoms. The van der Waals surface area contributed by atoms with Gasteiger partial charge in [-0.05, 0) is 24.3 Å². The Morgan fingerprint density at radius 1 is 1.29 bits per heavy atom. The molecule has 1 aromatic heterocycles. The van der Waals surface area contributed by atoms with Crippen molar-refractivity contribution in [3.8, 4) is 5.88 Å². The Morgan fingerprint density at radius 2 is 1.90 bits per heavy atom. The second-order valence-corrected chi connectivity index (χ2v) is 7.21. The topological polar surface area (TPSA) is 68.3 Å². The highest BCUT2D eigenvalue weighted by Gasteiger charge is 2.24. The maximum absolute atomic E-state index is 12.4. The van der Waals surface area contributed by atoms with E-state index in [1.54, 1.807) is 6.07 Å². The third-order valence-electron chi connectivity index (χ3n) is 2.44. The number of pyridine rings is 1. The molecule has 0 atom stereocenters. The summed E-state index contributed by atoms with van der Waals surface area (Å²) < 4.78 is 32.8. The van der Waals surface area contributed by atoms with Gasteiger partial charge in [-0.15, -0.1) is 0 Å². The first-order valence-corrected chi connectivity index (χ1v) is 8.54. The van der Waals surface area contributed by atoms with E-state index < -0.39 is 10.0 Å². The fourth-order valence-corrected chi connectivity index (χ4v) is 4.61. The van der Waals surface area contributed by atoms with Crippen molar-refractivity contribution in [1.29, 1.82) is 0 Å². The Kier molecular flexibility index (Phi) is 4.98. The Balaban J connectivity index is 2.49. The zero-order chi connectivity index (χ0) is 15.6. The number of nitrogens with zero attached hydrogens (tertiary/aromatic N) is 1. The average Bonchev–Trinajstić information content (AvgIpc) is 2.37. The summed E-state index contributed by atoms with van der Waals surface area (Å²) in [6.07, 6.45) is 1.48. The summed E-state index contributed by atoms with van der Waals surface area (Å²) in [5, 5.41) is 0.00876. The molecule has 0 radical (unpaired) electrons. The quantitative estimate of drug-likeness (QED) is 0.826. The second kappa shape index (κ2) is 6.39. The number of sulfonamides is 1. The van der Waals surface area contributed by atoms with E-state index in [-0.39, 0.29) is 26.5 Å². The van der Waals surface area contributed by atoms with Crippen LogP contribution in [0.2, 0.25) is 10.0 Å². The molecule has 0 bridgehead atoms. The third-order valence-corrected chi connectivity index (χ3v) is 5.18. The van der Waals surface area contributed by atoms with Crippen molar-refractivity contribution in [3.63, 3.8) is 0 Å². The normalized spacial score (nSPS) is 11.2. The van der Waals surface area contributed by atoms with Crippen molar-refractivity contribution in [3.05, 3.63) is 45.0 Å². The van der Waals surface area contributed by atoms with E-state index in [1.807, 2.05) is 0 Å². The molecule has 0 aliphatic rings. The highest BCUT2D eigenvalue weighted by atomic mass is 79.9. The summed E-state index contributed by atoms with van der Waals surface area (Å²) in [6.45, 7) is 0. The van der Waals surface area contributed by atoms with Crippen LogP contribution in [0.15, 0.2) is 39.8 Å². The number of rotatable bonds is 4. The summed E-state index contributed by atoms with van der Waals surface area (Å²) in [7, 11) is -2.59. The Hall–Kier alpha value is -1.02. The highest BCUT2D eigenvalue weighted by molar-refractivity contribution is 9.10. The van der Waals surface area contributed by atoms with E-state index in [0.717, 1.165) is 0 Å². The molecule has 112 valence electrons. The summed E-state index contributed by atoms with van der Waals surface area (Å²) in [5.41, 5.74) is 0.190. The van der Waals surface area contributed by atoms with Gasteiger partial charge in [-0.2, -0.15) is 0 Å². The van der Waals surface area contributed by atoms with Gasteiger partial charge in [0.2, 0.25) is 5.88 Å². The molecule has 0 aliphatic carbocycles. The molecule has 9 heteroatoms. The van der Waals surface area contributed by atoms with E-state index >= 15 is 0 Å². The first kappa shape index (κ1) is 16.4. The van der Waals surface area contributed by atoms with Crippen LogP contribution in [0.4, 0.5) is 5.69 Å². The smallest absolute Gasteiger partial charge is 0.265 e. The van der Waals surface area contributed by atoms with Gasteiger partial charge in [0.25, 0.3) is 10.0 Å². The van der Waals surface area contributed by atoms with E-state index in [9.17, 15) is 8.42 Å². The van der Waals surface area contributed by atoms with Gasteiger partial charge in [-0.25, -0.2) is 13.4 Å². The molecule has 1 heterocycles. The number of halogens is 3. The van der Waals surface area contributed by atoms with Crippen molar-refractivity contribution in [2.75, 3.05) is 11.8 Å². The van der Waals surface area contributed by atoms with Crippen molar-refractivity contribution < 1.29 is 13.2 Å². The Bertz CT molecular complexity index is 761. The van der Waals surface area contributed by atoms with E-state index in [0.29, 0.717) is 4.47 Å². The van der Waals surface area contributed by atoms with Crippen molar-refractivity contribution in [2.45, 2.75) is 4.90 Å². The maximum Gasteiger partial charge on any atom is 0.265 e. The van der Waals surface area contributed by atoms with Crippen LogP contribution in [0.3, 0.4) is 0 Å². The van der Waals surface area contributed by atoms with Gasteiger partial charge >= 0.3 is 0 Å². The summed E-state index contributed by atoms with van der Waals surface area (Å²) in [6, 6.07) is 5.99. The average molecular weight is 412 g/mol. The molecular weight excluding hydrogens is 403 g/mol. The van der Waals surface area contributed by atoms with Gasteiger partial charge in [0.1, 0.15) is 10.6 Å². The molecular formula is C12H9BrCl2N2O3S. The third kappa shape index (κ3) is 3.60. The zero-order valence-electron chi connectivity index (χ0n) is 10.6. The van der Waals surface area contributed by atoms with Crippen LogP contribution in [-0.2, 0) is 10.0 Å². The predicted octanol–water partition coefficient (Wildman–Crippen LogP) is 3.96. The number of ether oxygens (including phenoxy) is 1. The Labute approximate surface area is 140 Å². The van der Waals surface area contributed by atoms with Crippen LogP contribution in [-0.4, -0.2) is 20.5 Å². The molecule has 0 aliphatic heterocycles. The predicted molar refractivity (Wildman–Crippen MR) is 85.8 cm³/mol. The number of nitrogens with one attached hydrogen (secondary N) is 1. The highest BCUT2D eigenvalue weighted by Crippen LogP contribution is 2.34. The van der Waals surface area contributed by atoms with Gasteiger partial charge in [0, 0.05) is 10.7 Å². The molecule has 0 amide bonds. The van der Waals surface area contributed by atoms with E-state index in [4.69, 9.17) is 27.9 Å². The van der Waals surface area contributed by atoms with Crippen molar-refractivity contribution in [2.24, 2.45) is 0 Å². The molecule has 2 rings (SSSR count). The number of anilines is 1. The van der Waals surface area contributed by atoms with Crippen molar-refractivity contribution >= 4 is 54.8 Å². The second-order valence-electron chi connectivity index (χ2n) is 3.86. The first-order valence-electron chi connectivity index (χ1n) is 5.51. The number of benzene rings is 1. The van der Waals surface area contributed by atoms with Gasteiger partial charge in [0.15, 0.2) is 0 Å². The summed E-state index contributed by atoms with van der Waals surface area (Å²) in [5.74, 6) is 0.144. The van der Waals surface area contributed by atoms with Gasteiger partial charge in [0.05, 0.1) is 17.2 Å². The van der Waals surface area contributed by atoms with Crippen LogP contribution in [0.5, 0.6) is 5.88 Å². The molecule has 0 unspecified atom stereocenters. The van der Waals surface area contributed by atoms with Gasteiger partial charge in [-0.1, -0.05) is 39.1 Å². The first-order chi connectivity index (χ1) is 9.85. The maximum atomic E-state index is 12.4. The molecule has 1 N–H and O–H groups in total. The van der Waals surface area contributed by atoms with E-state index in [1.165, 1.54) is 31.5 Å². The summed E-state index contributed by atoms with van der Waals surface area (Å²) >= 11 is 15.1. The lowest BCUT2D eigenvalue weighted by molar-refractivity contribution is 0.400. The fourth-order valence-electron chi connectivity index (χ4n) is 1.61. The number of methoxy groups -OCH3 is 1. The van der Waals surface area contributed by atoms with Gasteiger partial charge < -0.3 is 4.74 Å². The lowest BCUT2D eigenvalue weighted by Gasteiger charge is -2.13. The Morgan fingerprint density at radius 3 is 2.48 bits per heavy atom. The minimum Gasteiger partial charge on any atom is -0.480 e. The van der Waals surface area contributed by atoms with Crippen molar-refractivity contribution in [1.82, 2.24) is 4.98 Å². The van der Waals surface area contributed by atoms with E-state index in [2.05, 4.69) is 25.6 Å². The van der Waals surface area contributed by atoms with Crippen LogP contribution in [0.25, 0.3) is 0 Å². The molecule has 5 nitrogen and oxygen atoms in total. The fraction of sp³-hybridized carbons (Fsp3) is 0.0833. The lowest BCUT2D eigenvalue weighted by Crippen LogP contribution is -2.15. The zero-order valence-corrected chi connectivity index (χ0v) is 14.5. The lowest BCUT2D eigenvalue weighted by atomic mass is 10.4. The van der Waals surface area contributed by atoms with Crippen LogP contribution >= 0.6 is 39.1 Å². The van der Waals surface area contributed by atoms with Crippen LogP contribution < -0.4 is 9.46 Å². The number of aromatic nitrogens is 1. The van der Waals surface area contributed by atoms with Crippen LogP contribution in [0, 0.1) is 0 Å². The van der Waals surface area contributed by atoms with Crippen LogP contribution in [0.1, 0.15) is 0 Å². The minimum atomic E-state index is -3.98. The van der Waals surface area contributed by atoms with Gasteiger partial charge in [-0.3, -0.25) is 4.72 Å². The number of hydrogen-bond acceptors (Lipinski definition) is 4. The molecule has 0 saturated heterocycles.